The minimum Gasteiger partial charge on any atom is -0.383 e. The van der Waals surface area contributed by atoms with Crippen LogP contribution < -0.4 is 16.4 Å². The van der Waals surface area contributed by atoms with Gasteiger partial charge in [-0.05, 0) is 42.5 Å². The molecular weight excluding hydrogens is 392 g/mol. The monoisotopic (exact) mass is 418 g/mol. The fraction of sp³-hybridized carbons (Fsp3) is 0.350. The Bertz CT molecular complexity index is 881. The Morgan fingerprint density at radius 2 is 1.79 bits per heavy atom. The van der Waals surface area contributed by atoms with Crippen molar-refractivity contribution in [3.05, 3.63) is 46.3 Å². The fourth-order valence-electron chi connectivity index (χ4n) is 2.68. The molecule has 1 heterocycles. The number of hydrogen-bond donors (Lipinski definition) is 3. The van der Waals surface area contributed by atoms with Crippen LogP contribution in [0.2, 0.25) is 0 Å². The SMILES string of the molecule is COCCN(CC(=O)Nc1cccc(C)c1C)CC(=O)Nc1sccc1C(N)=O. The van der Waals surface area contributed by atoms with Crippen molar-refractivity contribution in [2.75, 3.05) is 44.0 Å². The number of methoxy groups -OCH3 is 1. The van der Waals surface area contributed by atoms with E-state index in [1.807, 2.05) is 32.0 Å². The van der Waals surface area contributed by atoms with Gasteiger partial charge in [0.25, 0.3) is 5.91 Å². The van der Waals surface area contributed by atoms with Gasteiger partial charge in [-0.3, -0.25) is 19.3 Å². The van der Waals surface area contributed by atoms with Crippen molar-refractivity contribution in [3.8, 4) is 0 Å². The number of carbonyl (C=O) groups excluding carboxylic acids is 3. The lowest BCUT2D eigenvalue weighted by Gasteiger charge is -2.21. The van der Waals surface area contributed by atoms with Crippen molar-refractivity contribution < 1.29 is 19.1 Å². The number of primary amides is 1. The average Bonchev–Trinajstić information content (AvgIpc) is 3.11. The lowest BCUT2D eigenvalue weighted by Crippen LogP contribution is -2.40. The van der Waals surface area contributed by atoms with Crippen LogP contribution in [0.25, 0.3) is 0 Å². The molecule has 8 nitrogen and oxygen atoms in total. The van der Waals surface area contributed by atoms with Gasteiger partial charge < -0.3 is 21.1 Å². The first-order valence-corrected chi connectivity index (χ1v) is 9.94. The van der Waals surface area contributed by atoms with Crippen LogP contribution in [0.5, 0.6) is 0 Å². The molecule has 0 atom stereocenters. The van der Waals surface area contributed by atoms with Crippen LogP contribution in [0, 0.1) is 13.8 Å². The number of benzene rings is 1. The molecule has 1 aromatic heterocycles. The molecule has 0 aliphatic heterocycles. The highest BCUT2D eigenvalue weighted by Gasteiger charge is 2.18. The summed E-state index contributed by atoms with van der Waals surface area (Å²) in [5.74, 6) is -1.17. The first kappa shape index (κ1) is 22.5. The van der Waals surface area contributed by atoms with Crippen molar-refractivity contribution >= 4 is 39.7 Å². The number of rotatable bonds is 10. The number of aryl methyl sites for hydroxylation is 1. The highest BCUT2D eigenvalue weighted by atomic mass is 32.1. The van der Waals surface area contributed by atoms with E-state index in [0.29, 0.717) is 18.2 Å². The van der Waals surface area contributed by atoms with Crippen molar-refractivity contribution in [3.63, 3.8) is 0 Å². The van der Waals surface area contributed by atoms with Crippen LogP contribution in [-0.4, -0.2) is 56.0 Å². The van der Waals surface area contributed by atoms with E-state index in [1.54, 1.807) is 23.5 Å². The van der Waals surface area contributed by atoms with E-state index in [-0.39, 0.29) is 30.5 Å². The van der Waals surface area contributed by atoms with Gasteiger partial charge in [-0.1, -0.05) is 12.1 Å². The van der Waals surface area contributed by atoms with E-state index in [1.165, 1.54) is 11.3 Å². The van der Waals surface area contributed by atoms with Gasteiger partial charge in [0.15, 0.2) is 0 Å². The zero-order valence-electron chi connectivity index (χ0n) is 16.8. The summed E-state index contributed by atoms with van der Waals surface area (Å²) in [7, 11) is 1.55. The summed E-state index contributed by atoms with van der Waals surface area (Å²) in [5, 5.41) is 7.65. The van der Waals surface area contributed by atoms with Crippen LogP contribution >= 0.6 is 11.3 Å². The number of ether oxygens (including phenoxy) is 1. The molecular formula is C20H26N4O4S. The van der Waals surface area contributed by atoms with Crippen LogP contribution in [0.1, 0.15) is 21.5 Å². The second kappa shape index (κ2) is 10.7. The minimum atomic E-state index is -0.606. The third kappa shape index (κ3) is 6.67. The Morgan fingerprint density at radius 1 is 1.10 bits per heavy atom. The topological polar surface area (TPSA) is 114 Å². The van der Waals surface area contributed by atoms with E-state index in [4.69, 9.17) is 10.5 Å². The number of carbonyl (C=O) groups is 3. The number of anilines is 2. The van der Waals surface area contributed by atoms with Gasteiger partial charge in [-0.2, -0.15) is 0 Å². The highest BCUT2D eigenvalue weighted by Crippen LogP contribution is 2.22. The lowest BCUT2D eigenvalue weighted by atomic mass is 10.1. The van der Waals surface area contributed by atoms with E-state index >= 15 is 0 Å². The normalized spacial score (nSPS) is 10.8. The Balaban J connectivity index is 1.99. The smallest absolute Gasteiger partial charge is 0.251 e. The van der Waals surface area contributed by atoms with Crippen LogP contribution in [0.3, 0.4) is 0 Å². The van der Waals surface area contributed by atoms with Crippen LogP contribution in [0.4, 0.5) is 10.7 Å². The number of hydrogen-bond acceptors (Lipinski definition) is 6. The maximum absolute atomic E-state index is 12.5. The number of amides is 3. The molecule has 1 aromatic carbocycles. The maximum atomic E-state index is 12.5. The van der Waals surface area contributed by atoms with Gasteiger partial charge in [-0.15, -0.1) is 11.3 Å². The lowest BCUT2D eigenvalue weighted by molar-refractivity contribution is -0.120. The van der Waals surface area contributed by atoms with Crippen molar-refractivity contribution in [1.29, 1.82) is 0 Å². The molecule has 0 fully saturated rings. The predicted molar refractivity (Wildman–Crippen MR) is 114 cm³/mol. The number of nitrogens with two attached hydrogens (primary N) is 1. The summed E-state index contributed by atoms with van der Waals surface area (Å²) in [6.45, 7) is 4.69. The van der Waals surface area contributed by atoms with Crippen LogP contribution in [-0.2, 0) is 14.3 Å². The Labute approximate surface area is 174 Å². The van der Waals surface area contributed by atoms with Gasteiger partial charge >= 0.3 is 0 Å². The molecule has 0 saturated carbocycles. The molecule has 9 heteroatoms. The molecule has 0 bridgehead atoms. The highest BCUT2D eigenvalue weighted by molar-refractivity contribution is 7.14. The van der Waals surface area contributed by atoms with Crippen molar-refractivity contribution in [2.24, 2.45) is 5.73 Å². The minimum absolute atomic E-state index is 0.0251. The molecule has 0 saturated heterocycles. The average molecular weight is 419 g/mol. The molecule has 3 amide bonds. The summed E-state index contributed by atoms with van der Waals surface area (Å²) in [6, 6.07) is 7.26. The van der Waals surface area contributed by atoms with Gasteiger partial charge in [0.2, 0.25) is 11.8 Å². The van der Waals surface area contributed by atoms with E-state index in [9.17, 15) is 14.4 Å². The van der Waals surface area contributed by atoms with Gasteiger partial charge in [0.1, 0.15) is 5.00 Å². The quantitative estimate of drug-likeness (QED) is 0.546. The zero-order valence-corrected chi connectivity index (χ0v) is 17.6. The fourth-order valence-corrected chi connectivity index (χ4v) is 3.49. The standard InChI is InChI=1S/C20H26N4O4S/c1-13-5-4-6-16(14(13)2)22-17(25)11-24(8-9-28-3)12-18(26)23-20-15(19(21)27)7-10-29-20/h4-7,10H,8-9,11-12H2,1-3H3,(H2,21,27)(H,22,25)(H,23,26). The molecule has 0 spiro atoms. The first-order chi connectivity index (χ1) is 13.8. The summed E-state index contributed by atoms with van der Waals surface area (Å²) >= 11 is 1.21. The zero-order chi connectivity index (χ0) is 21.4. The van der Waals surface area contributed by atoms with E-state index in [2.05, 4.69) is 10.6 Å². The molecule has 4 N–H and O–H groups in total. The number of thiophene rings is 1. The third-order valence-corrected chi connectivity index (χ3v) is 5.24. The van der Waals surface area contributed by atoms with E-state index < -0.39 is 5.91 Å². The van der Waals surface area contributed by atoms with E-state index in [0.717, 1.165) is 16.8 Å². The van der Waals surface area contributed by atoms with Gasteiger partial charge in [0.05, 0.1) is 25.3 Å². The molecule has 0 radical (unpaired) electrons. The predicted octanol–water partition coefficient (Wildman–Crippen LogP) is 1.99. The van der Waals surface area contributed by atoms with Crippen molar-refractivity contribution in [1.82, 2.24) is 4.90 Å². The second-order valence-corrected chi connectivity index (χ2v) is 7.49. The summed E-state index contributed by atoms with van der Waals surface area (Å²) < 4.78 is 5.08. The molecule has 2 aromatic rings. The maximum Gasteiger partial charge on any atom is 0.251 e. The van der Waals surface area contributed by atoms with Gasteiger partial charge in [0, 0.05) is 19.3 Å². The van der Waals surface area contributed by atoms with Crippen LogP contribution in [0.15, 0.2) is 29.6 Å². The Kier molecular flexibility index (Phi) is 8.32. The summed E-state index contributed by atoms with van der Waals surface area (Å²) in [5.41, 5.74) is 8.39. The molecule has 0 aliphatic rings. The number of nitrogens with one attached hydrogen (secondary N) is 2. The Hall–Kier alpha value is -2.75. The number of nitrogens with zero attached hydrogens (tertiary/aromatic N) is 1. The first-order valence-electron chi connectivity index (χ1n) is 9.06. The Morgan fingerprint density at radius 3 is 2.45 bits per heavy atom. The molecule has 29 heavy (non-hydrogen) atoms. The summed E-state index contributed by atoms with van der Waals surface area (Å²) in [4.78, 5) is 38.0. The largest absolute Gasteiger partial charge is 0.383 e. The molecule has 0 unspecified atom stereocenters. The van der Waals surface area contributed by atoms with Gasteiger partial charge in [-0.25, -0.2) is 0 Å². The van der Waals surface area contributed by atoms with Crippen molar-refractivity contribution in [2.45, 2.75) is 13.8 Å². The second-order valence-electron chi connectivity index (χ2n) is 6.57. The third-order valence-electron chi connectivity index (χ3n) is 4.41. The molecule has 156 valence electrons. The molecule has 2 rings (SSSR count). The summed E-state index contributed by atoms with van der Waals surface area (Å²) in [6.07, 6.45) is 0. The molecule has 0 aliphatic carbocycles.